The molecule has 33 heavy (non-hydrogen) atoms. The molecule has 0 saturated heterocycles. The van der Waals surface area contributed by atoms with Crippen molar-refractivity contribution in [2.45, 2.75) is 32.6 Å². The number of benzene rings is 1. The molecule has 168 valence electrons. The Hall–Kier alpha value is -3.66. The number of aromatic nitrogens is 3. The first kappa shape index (κ1) is 21.2. The van der Waals surface area contributed by atoms with Gasteiger partial charge in [-0.3, -0.25) is 4.79 Å². The molecular weight excluding hydrogens is 412 g/mol. The van der Waals surface area contributed by atoms with Gasteiger partial charge in [-0.25, -0.2) is 9.97 Å². The van der Waals surface area contributed by atoms with E-state index in [2.05, 4.69) is 58.2 Å². The molecule has 1 amide bonds. The van der Waals surface area contributed by atoms with Crippen molar-refractivity contribution >= 4 is 34.0 Å². The smallest absolute Gasteiger partial charge is 0.243 e. The van der Waals surface area contributed by atoms with Crippen LogP contribution in [0.2, 0.25) is 0 Å². The van der Waals surface area contributed by atoms with Gasteiger partial charge >= 0.3 is 0 Å². The molecule has 7 heteroatoms. The summed E-state index contributed by atoms with van der Waals surface area (Å²) in [5.41, 5.74) is 6.05. The van der Waals surface area contributed by atoms with Crippen LogP contribution in [0.5, 0.6) is 0 Å². The number of carbonyl (C=O) groups is 1. The molecule has 0 bridgehead atoms. The quantitative estimate of drug-likeness (QED) is 0.594. The zero-order valence-electron chi connectivity index (χ0n) is 19.4. The highest BCUT2D eigenvalue weighted by atomic mass is 16.2. The third-order valence-electron chi connectivity index (χ3n) is 7.00. The lowest BCUT2D eigenvalue weighted by atomic mass is 9.95. The average Bonchev–Trinajstić information content (AvgIpc) is 3.59. The van der Waals surface area contributed by atoms with Crippen LogP contribution in [-0.2, 0) is 18.3 Å². The Balaban J connectivity index is 1.37. The summed E-state index contributed by atoms with van der Waals surface area (Å²) in [6, 6.07) is 10.9. The number of amides is 1. The fraction of sp³-hybridized carbons (Fsp3) is 0.385. The van der Waals surface area contributed by atoms with Gasteiger partial charge in [0.15, 0.2) is 0 Å². The van der Waals surface area contributed by atoms with E-state index in [4.69, 9.17) is 0 Å². The lowest BCUT2D eigenvalue weighted by molar-refractivity contribution is -0.134. The molecule has 1 saturated carbocycles. The Morgan fingerprint density at radius 2 is 2.09 bits per heavy atom. The molecule has 0 unspecified atom stereocenters. The monoisotopic (exact) mass is 440 g/mol. The van der Waals surface area contributed by atoms with E-state index < -0.39 is 5.41 Å². The van der Waals surface area contributed by atoms with E-state index in [9.17, 15) is 10.1 Å². The molecule has 1 aliphatic heterocycles. The van der Waals surface area contributed by atoms with Crippen molar-refractivity contribution in [3.05, 3.63) is 54.0 Å². The number of hydrogen-bond acceptors (Lipinski definition) is 5. The second-order valence-electron chi connectivity index (χ2n) is 9.07. The van der Waals surface area contributed by atoms with Crippen LogP contribution in [0.4, 0.5) is 11.5 Å². The van der Waals surface area contributed by atoms with Crippen molar-refractivity contribution in [1.82, 2.24) is 19.4 Å². The molecule has 1 fully saturated rings. The SMILES string of the molecule is CCc1cc(C2=CCN(C(=O)C3(C#N)CC3)CC2)ccc1N(C)c1cc2c(cn1)ncn2C. The van der Waals surface area contributed by atoms with Gasteiger partial charge in [-0.1, -0.05) is 19.1 Å². The normalized spacial score (nSPS) is 16.9. The third-order valence-corrected chi connectivity index (χ3v) is 7.00. The number of rotatable bonds is 5. The number of nitrogens with zero attached hydrogens (tertiary/aromatic N) is 6. The molecule has 3 aromatic rings. The highest BCUT2D eigenvalue weighted by Gasteiger charge is 2.52. The van der Waals surface area contributed by atoms with Crippen LogP contribution in [-0.4, -0.2) is 45.5 Å². The number of aryl methyl sites for hydroxylation is 2. The summed E-state index contributed by atoms with van der Waals surface area (Å²) in [5, 5.41) is 9.33. The molecule has 2 aromatic heterocycles. The fourth-order valence-electron chi connectivity index (χ4n) is 4.64. The van der Waals surface area contributed by atoms with Crippen molar-refractivity contribution in [2.24, 2.45) is 12.5 Å². The highest BCUT2D eigenvalue weighted by molar-refractivity contribution is 5.89. The maximum atomic E-state index is 12.7. The lowest BCUT2D eigenvalue weighted by Crippen LogP contribution is -2.39. The number of imidazole rings is 1. The molecule has 0 atom stereocenters. The largest absolute Gasteiger partial charge is 0.337 e. The fourth-order valence-corrected chi connectivity index (χ4v) is 4.64. The summed E-state index contributed by atoms with van der Waals surface area (Å²) in [6.45, 7) is 3.42. The van der Waals surface area contributed by atoms with E-state index in [0.29, 0.717) is 25.9 Å². The molecule has 2 aliphatic rings. The summed E-state index contributed by atoms with van der Waals surface area (Å²) < 4.78 is 2.00. The van der Waals surface area contributed by atoms with Gasteiger partial charge in [-0.15, -0.1) is 0 Å². The van der Waals surface area contributed by atoms with E-state index in [-0.39, 0.29) is 5.91 Å². The molecule has 5 rings (SSSR count). The minimum atomic E-state index is -0.737. The number of fused-ring (bicyclic) bond motifs is 1. The predicted molar refractivity (Wildman–Crippen MR) is 129 cm³/mol. The van der Waals surface area contributed by atoms with Crippen molar-refractivity contribution < 1.29 is 4.79 Å². The van der Waals surface area contributed by atoms with E-state index in [0.717, 1.165) is 35.4 Å². The van der Waals surface area contributed by atoms with Gasteiger partial charge < -0.3 is 14.4 Å². The summed E-state index contributed by atoms with van der Waals surface area (Å²) in [7, 11) is 4.04. The van der Waals surface area contributed by atoms with Crippen LogP contribution in [0.25, 0.3) is 16.6 Å². The molecule has 0 N–H and O–H groups in total. The number of nitriles is 1. The number of anilines is 2. The number of pyridine rings is 1. The Kier molecular flexibility index (Phi) is 5.16. The predicted octanol–water partition coefficient (Wildman–Crippen LogP) is 4.22. The van der Waals surface area contributed by atoms with E-state index in [1.807, 2.05) is 29.8 Å². The van der Waals surface area contributed by atoms with Crippen LogP contribution in [0.3, 0.4) is 0 Å². The van der Waals surface area contributed by atoms with Crippen LogP contribution >= 0.6 is 0 Å². The maximum absolute atomic E-state index is 12.7. The minimum Gasteiger partial charge on any atom is -0.337 e. The van der Waals surface area contributed by atoms with Gasteiger partial charge in [-0.2, -0.15) is 5.26 Å². The zero-order valence-corrected chi connectivity index (χ0v) is 19.4. The first-order valence-corrected chi connectivity index (χ1v) is 11.5. The van der Waals surface area contributed by atoms with Gasteiger partial charge in [0, 0.05) is 38.9 Å². The van der Waals surface area contributed by atoms with Crippen molar-refractivity contribution in [3.8, 4) is 6.07 Å². The van der Waals surface area contributed by atoms with Crippen molar-refractivity contribution in [1.29, 1.82) is 5.26 Å². The summed E-state index contributed by atoms with van der Waals surface area (Å²) in [4.78, 5) is 25.6. The average molecular weight is 441 g/mol. The minimum absolute atomic E-state index is 0.00408. The maximum Gasteiger partial charge on any atom is 0.243 e. The van der Waals surface area contributed by atoms with Crippen LogP contribution < -0.4 is 4.90 Å². The Morgan fingerprint density at radius 3 is 2.76 bits per heavy atom. The Bertz CT molecular complexity index is 1310. The second-order valence-corrected chi connectivity index (χ2v) is 9.07. The Labute approximate surface area is 194 Å². The molecule has 0 spiro atoms. The summed E-state index contributed by atoms with van der Waals surface area (Å²) in [6.07, 6.45) is 8.89. The van der Waals surface area contributed by atoms with Gasteiger partial charge in [0.2, 0.25) is 5.91 Å². The zero-order chi connectivity index (χ0) is 23.2. The van der Waals surface area contributed by atoms with E-state index >= 15 is 0 Å². The van der Waals surface area contributed by atoms with Crippen LogP contribution in [0.15, 0.2) is 42.9 Å². The van der Waals surface area contributed by atoms with Crippen molar-refractivity contribution in [3.63, 3.8) is 0 Å². The molecule has 0 radical (unpaired) electrons. The molecule has 3 heterocycles. The molecule has 1 aromatic carbocycles. The molecule has 1 aliphatic carbocycles. The first-order chi connectivity index (χ1) is 16.0. The molecule has 7 nitrogen and oxygen atoms in total. The number of hydrogen-bond donors (Lipinski definition) is 0. The Morgan fingerprint density at radius 1 is 1.27 bits per heavy atom. The van der Waals surface area contributed by atoms with Gasteiger partial charge in [-0.05, 0) is 54.5 Å². The molecular formula is C26H28N6O. The van der Waals surface area contributed by atoms with Gasteiger partial charge in [0.1, 0.15) is 16.7 Å². The standard InChI is InChI=1S/C26H28N6O/c1-4-18-13-20(19-7-11-32(12-8-19)25(33)26(16-27)9-10-26)5-6-22(18)31(3)24-14-23-21(15-28-24)29-17-30(23)2/h5-7,13-15,17H,4,8-12H2,1-3H3. The number of carbonyl (C=O) groups excluding carboxylic acids is 1. The summed E-state index contributed by atoms with van der Waals surface area (Å²) in [5.74, 6) is 0.885. The van der Waals surface area contributed by atoms with Crippen LogP contribution in [0, 0.1) is 16.7 Å². The third kappa shape index (κ3) is 3.66. The summed E-state index contributed by atoms with van der Waals surface area (Å²) >= 11 is 0. The van der Waals surface area contributed by atoms with E-state index in [1.165, 1.54) is 16.7 Å². The first-order valence-electron chi connectivity index (χ1n) is 11.5. The topological polar surface area (TPSA) is 78.1 Å². The van der Waals surface area contributed by atoms with Crippen molar-refractivity contribution in [2.75, 3.05) is 25.0 Å². The van der Waals surface area contributed by atoms with Crippen LogP contribution in [0.1, 0.15) is 37.3 Å². The van der Waals surface area contributed by atoms with E-state index in [1.54, 1.807) is 6.33 Å². The van der Waals surface area contributed by atoms with Gasteiger partial charge in [0.25, 0.3) is 0 Å². The second kappa shape index (κ2) is 8.04. The van der Waals surface area contributed by atoms with Gasteiger partial charge in [0.05, 0.1) is 24.1 Å². The highest BCUT2D eigenvalue weighted by Crippen LogP contribution is 2.47. The lowest BCUT2D eigenvalue weighted by Gasteiger charge is -2.29.